The van der Waals surface area contributed by atoms with E-state index >= 15 is 0 Å². The van der Waals surface area contributed by atoms with Crippen molar-refractivity contribution in [2.24, 2.45) is 0 Å². The number of hydrogen-bond donors (Lipinski definition) is 0. The van der Waals surface area contributed by atoms with Crippen LogP contribution in [0.1, 0.15) is 45.4 Å². The van der Waals surface area contributed by atoms with E-state index in [0.29, 0.717) is 18.5 Å². The first kappa shape index (κ1) is 12.7. The Morgan fingerprint density at radius 3 is 2.78 bits per heavy atom. The van der Waals surface area contributed by atoms with Gasteiger partial charge < -0.3 is 9.47 Å². The summed E-state index contributed by atoms with van der Waals surface area (Å²) in [7, 11) is 0. The molecule has 0 amide bonds. The third-order valence-corrected chi connectivity index (χ3v) is 2.58. The van der Waals surface area contributed by atoms with Gasteiger partial charge in [0.2, 0.25) is 0 Å². The van der Waals surface area contributed by atoms with Crippen molar-refractivity contribution in [1.29, 1.82) is 0 Å². The third-order valence-electron chi connectivity index (χ3n) is 2.58. The summed E-state index contributed by atoms with van der Waals surface area (Å²) in [4.78, 5) is 23.1. The van der Waals surface area contributed by atoms with Crippen LogP contribution in [0.5, 0.6) is 0 Å². The fraction of sp³-hybridized carbons (Fsp3) is 0.538. The zero-order chi connectivity index (χ0) is 13.3. The molecular weight excluding hydrogens is 234 g/mol. The Labute approximate surface area is 106 Å². The lowest BCUT2D eigenvalue weighted by atomic mass is 10.2. The van der Waals surface area contributed by atoms with Crippen molar-refractivity contribution in [3.63, 3.8) is 0 Å². The lowest BCUT2D eigenvalue weighted by molar-refractivity contribution is -0.141. The summed E-state index contributed by atoms with van der Waals surface area (Å²) in [5.74, 6) is -0.225. The first-order chi connectivity index (χ1) is 8.37. The molecule has 2 rings (SSSR count). The van der Waals surface area contributed by atoms with Crippen molar-refractivity contribution >= 4 is 12.1 Å². The number of aromatic nitrogens is 1. The molecule has 98 valence electrons. The van der Waals surface area contributed by atoms with E-state index in [2.05, 4.69) is 0 Å². The standard InChI is InChI=1S/C13H17NO4/c1-13(2,3)18-12(16)14-8-4-5-9(14)10-6-7-11(15)17-10/h4-5,8,10H,6-7H2,1-3H3. The van der Waals surface area contributed by atoms with Crippen LogP contribution >= 0.6 is 0 Å². The molecule has 1 saturated heterocycles. The number of nitrogens with zero attached hydrogens (tertiary/aromatic N) is 1. The molecule has 0 aliphatic carbocycles. The van der Waals surface area contributed by atoms with Gasteiger partial charge in [0.15, 0.2) is 0 Å². The molecule has 0 spiro atoms. The van der Waals surface area contributed by atoms with Gasteiger partial charge in [-0.15, -0.1) is 0 Å². The van der Waals surface area contributed by atoms with E-state index in [1.54, 1.807) is 18.3 Å². The van der Waals surface area contributed by atoms with Crippen molar-refractivity contribution in [2.45, 2.75) is 45.3 Å². The summed E-state index contributed by atoms with van der Waals surface area (Å²) in [5, 5.41) is 0. The lowest BCUT2D eigenvalue weighted by Gasteiger charge is -2.21. The van der Waals surface area contributed by atoms with Gasteiger partial charge in [0.25, 0.3) is 0 Å². The highest BCUT2D eigenvalue weighted by molar-refractivity contribution is 5.74. The van der Waals surface area contributed by atoms with E-state index in [-0.39, 0.29) is 12.1 Å². The van der Waals surface area contributed by atoms with Crippen LogP contribution in [0.2, 0.25) is 0 Å². The minimum atomic E-state index is -0.551. The Morgan fingerprint density at radius 1 is 1.50 bits per heavy atom. The molecule has 0 radical (unpaired) electrons. The zero-order valence-electron chi connectivity index (χ0n) is 10.8. The Balaban J connectivity index is 2.17. The van der Waals surface area contributed by atoms with Crippen LogP contribution in [0.25, 0.3) is 0 Å². The third kappa shape index (κ3) is 2.72. The predicted molar refractivity (Wildman–Crippen MR) is 64.1 cm³/mol. The molecule has 0 aromatic carbocycles. The molecule has 2 heterocycles. The van der Waals surface area contributed by atoms with E-state index in [9.17, 15) is 9.59 Å². The summed E-state index contributed by atoms with van der Waals surface area (Å²) in [5.41, 5.74) is 0.112. The highest BCUT2D eigenvalue weighted by Crippen LogP contribution is 2.30. The van der Waals surface area contributed by atoms with Crippen molar-refractivity contribution in [2.75, 3.05) is 0 Å². The topological polar surface area (TPSA) is 57.5 Å². The number of cyclic esters (lactones) is 1. The molecule has 5 heteroatoms. The van der Waals surface area contributed by atoms with Crippen LogP contribution < -0.4 is 0 Å². The number of carbonyl (C=O) groups is 2. The molecule has 0 saturated carbocycles. The van der Waals surface area contributed by atoms with Crippen LogP contribution in [-0.2, 0) is 14.3 Å². The second kappa shape index (κ2) is 4.48. The van der Waals surface area contributed by atoms with Gasteiger partial charge in [0, 0.05) is 19.0 Å². The normalized spacial score (nSPS) is 19.7. The van der Waals surface area contributed by atoms with Crippen molar-refractivity contribution < 1.29 is 19.1 Å². The maximum Gasteiger partial charge on any atom is 0.418 e. The monoisotopic (exact) mass is 251 g/mol. The summed E-state index contributed by atoms with van der Waals surface area (Å²) in [6, 6.07) is 3.51. The first-order valence-corrected chi connectivity index (χ1v) is 5.97. The molecule has 1 aliphatic rings. The molecule has 1 aromatic heterocycles. The van der Waals surface area contributed by atoms with E-state index in [1.807, 2.05) is 20.8 Å². The Morgan fingerprint density at radius 2 is 2.22 bits per heavy atom. The summed E-state index contributed by atoms with van der Waals surface area (Å²) >= 11 is 0. The number of hydrogen-bond acceptors (Lipinski definition) is 4. The van der Waals surface area contributed by atoms with Gasteiger partial charge >= 0.3 is 12.1 Å². The summed E-state index contributed by atoms with van der Waals surface area (Å²) in [6.07, 6.45) is 1.82. The Bertz CT molecular complexity index is 470. The van der Waals surface area contributed by atoms with E-state index < -0.39 is 11.7 Å². The Hall–Kier alpha value is -1.78. The SMILES string of the molecule is CC(C)(C)OC(=O)n1cccc1C1CCC(=O)O1. The van der Waals surface area contributed by atoms with Crippen LogP contribution in [0.15, 0.2) is 18.3 Å². The van der Waals surface area contributed by atoms with Gasteiger partial charge in [0.05, 0.1) is 5.69 Å². The summed E-state index contributed by atoms with van der Waals surface area (Å²) < 4.78 is 11.8. The molecule has 1 aliphatic heterocycles. The van der Waals surface area contributed by atoms with Gasteiger partial charge in [-0.2, -0.15) is 0 Å². The minimum absolute atomic E-state index is 0.225. The van der Waals surface area contributed by atoms with Crippen LogP contribution in [0.4, 0.5) is 4.79 Å². The largest absolute Gasteiger partial charge is 0.456 e. The van der Waals surface area contributed by atoms with Crippen molar-refractivity contribution in [1.82, 2.24) is 4.57 Å². The maximum absolute atomic E-state index is 12.0. The number of ether oxygens (including phenoxy) is 2. The highest BCUT2D eigenvalue weighted by Gasteiger charge is 2.29. The van der Waals surface area contributed by atoms with Gasteiger partial charge in [-0.05, 0) is 32.9 Å². The lowest BCUT2D eigenvalue weighted by Crippen LogP contribution is -2.28. The molecular formula is C13H17NO4. The minimum Gasteiger partial charge on any atom is -0.456 e. The molecule has 0 bridgehead atoms. The Kier molecular flexibility index (Phi) is 3.15. The van der Waals surface area contributed by atoms with E-state index in [0.717, 1.165) is 0 Å². The number of esters is 1. The number of carbonyl (C=O) groups excluding carboxylic acids is 2. The van der Waals surface area contributed by atoms with Gasteiger partial charge in [-0.1, -0.05) is 0 Å². The fourth-order valence-electron chi connectivity index (χ4n) is 1.87. The first-order valence-electron chi connectivity index (χ1n) is 5.97. The van der Waals surface area contributed by atoms with Gasteiger partial charge in [-0.3, -0.25) is 9.36 Å². The molecule has 1 unspecified atom stereocenters. The highest BCUT2D eigenvalue weighted by atomic mass is 16.6. The molecule has 1 aromatic rings. The molecule has 5 nitrogen and oxygen atoms in total. The zero-order valence-corrected chi connectivity index (χ0v) is 10.8. The van der Waals surface area contributed by atoms with Crippen LogP contribution in [0, 0.1) is 0 Å². The number of rotatable bonds is 1. The van der Waals surface area contributed by atoms with Gasteiger partial charge in [-0.25, -0.2) is 4.79 Å². The average molecular weight is 251 g/mol. The van der Waals surface area contributed by atoms with E-state index in [1.165, 1.54) is 4.57 Å². The molecule has 1 fully saturated rings. The van der Waals surface area contributed by atoms with Crippen LogP contribution in [-0.4, -0.2) is 22.2 Å². The molecule has 1 atom stereocenters. The van der Waals surface area contributed by atoms with Crippen molar-refractivity contribution in [3.05, 3.63) is 24.0 Å². The fourth-order valence-corrected chi connectivity index (χ4v) is 1.87. The van der Waals surface area contributed by atoms with Crippen molar-refractivity contribution in [3.8, 4) is 0 Å². The smallest absolute Gasteiger partial charge is 0.418 e. The van der Waals surface area contributed by atoms with Crippen LogP contribution in [0.3, 0.4) is 0 Å². The van der Waals surface area contributed by atoms with E-state index in [4.69, 9.17) is 9.47 Å². The predicted octanol–water partition coefficient (Wildman–Crippen LogP) is 2.65. The second-order valence-corrected chi connectivity index (χ2v) is 5.30. The second-order valence-electron chi connectivity index (χ2n) is 5.30. The maximum atomic E-state index is 12.0. The average Bonchev–Trinajstić information content (AvgIpc) is 2.81. The summed E-state index contributed by atoms with van der Waals surface area (Å²) in [6.45, 7) is 5.43. The van der Waals surface area contributed by atoms with Gasteiger partial charge in [0.1, 0.15) is 11.7 Å². The molecule has 0 N–H and O–H groups in total. The quantitative estimate of drug-likeness (QED) is 0.720. The molecule has 18 heavy (non-hydrogen) atoms.